The minimum atomic E-state index is -0.179. The summed E-state index contributed by atoms with van der Waals surface area (Å²) in [6, 6.07) is 7.82. The van der Waals surface area contributed by atoms with Crippen molar-refractivity contribution in [3.63, 3.8) is 0 Å². The van der Waals surface area contributed by atoms with Gasteiger partial charge in [0.05, 0.1) is 13.2 Å². The first kappa shape index (κ1) is 16.5. The smallest absolute Gasteiger partial charge is 0.236 e. The van der Waals surface area contributed by atoms with Crippen molar-refractivity contribution in [1.29, 1.82) is 0 Å². The third kappa shape index (κ3) is 4.85. The van der Waals surface area contributed by atoms with Crippen LogP contribution in [0, 0.1) is 5.92 Å². The Kier molecular flexibility index (Phi) is 6.52. The van der Waals surface area contributed by atoms with Crippen molar-refractivity contribution in [2.24, 2.45) is 5.92 Å². The summed E-state index contributed by atoms with van der Waals surface area (Å²) in [4.78, 5) is 11.9. The molecule has 0 heterocycles. The molecular weight excluding hydrogens is 252 g/mol. The molecule has 0 bridgehead atoms. The molecule has 0 aromatic heterocycles. The van der Waals surface area contributed by atoms with Crippen molar-refractivity contribution in [2.45, 2.75) is 39.3 Å². The molecule has 0 saturated heterocycles. The molecule has 1 aromatic carbocycles. The summed E-state index contributed by atoms with van der Waals surface area (Å²) >= 11 is 0. The molecular formula is C16H26N2O2. The lowest BCUT2D eigenvalue weighted by Gasteiger charge is -2.24. The van der Waals surface area contributed by atoms with E-state index in [4.69, 9.17) is 4.74 Å². The Morgan fingerprint density at radius 2 is 2.00 bits per heavy atom. The molecule has 0 aliphatic rings. The zero-order valence-corrected chi connectivity index (χ0v) is 13.1. The molecule has 0 fully saturated rings. The van der Waals surface area contributed by atoms with Crippen LogP contribution >= 0.6 is 0 Å². The maximum Gasteiger partial charge on any atom is 0.236 e. The fourth-order valence-electron chi connectivity index (χ4n) is 2.21. The molecule has 0 aliphatic carbocycles. The van der Waals surface area contributed by atoms with Gasteiger partial charge in [0, 0.05) is 13.1 Å². The number of benzene rings is 1. The third-order valence-corrected chi connectivity index (χ3v) is 3.31. The Balaban J connectivity index is 2.78. The number of carbonyl (C=O) groups is 1. The second-order valence-electron chi connectivity index (χ2n) is 5.46. The van der Waals surface area contributed by atoms with E-state index in [9.17, 15) is 4.79 Å². The highest BCUT2D eigenvalue weighted by atomic mass is 16.5. The molecule has 1 rings (SSSR count). The van der Waals surface area contributed by atoms with Crippen LogP contribution in [0.15, 0.2) is 24.3 Å². The predicted molar refractivity (Wildman–Crippen MR) is 81.9 cm³/mol. The highest BCUT2D eigenvalue weighted by Gasteiger charge is 2.21. The van der Waals surface area contributed by atoms with E-state index < -0.39 is 0 Å². The lowest BCUT2D eigenvalue weighted by atomic mass is 10.0. The summed E-state index contributed by atoms with van der Waals surface area (Å²) < 4.78 is 5.24. The molecule has 20 heavy (non-hydrogen) atoms. The van der Waals surface area contributed by atoms with Crippen molar-refractivity contribution < 1.29 is 9.53 Å². The molecule has 4 heteroatoms. The molecule has 112 valence electrons. The van der Waals surface area contributed by atoms with Crippen LogP contribution in [-0.2, 0) is 4.79 Å². The number of ether oxygens (including phenoxy) is 1. The summed E-state index contributed by atoms with van der Waals surface area (Å²) in [5.74, 6) is 1.33. The van der Waals surface area contributed by atoms with E-state index in [1.54, 1.807) is 14.2 Å². The zero-order chi connectivity index (χ0) is 15.1. The SMILES string of the molecule is CNC(=O)C(CC(C)C)NC(C)c1cccc(OC)c1. The summed E-state index contributed by atoms with van der Waals surface area (Å²) in [6.45, 7) is 6.30. The summed E-state index contributed by atoms with van der Waals surface area (Å²) in [5, 5.41) is 6.12. The Morgan fingerprint density at radius 1 is 1.30 bits per heavy atom. The lowest BCUT2D eigenvalue weighted by Crippen LogP contribution is -2.44. The number of carbonyl (C=O) groups excluding carboxylic acids is 1. The second-order valence-corrected chi connectivity index (χ2v) is 5.46. The van der Waals surface area contributed by atoms with Gasteiger partial charge in [0.25, 0.3) is 0 Å². The van der Waals surface area contributed by atoms with Crippen molar-refractivity contribution >= 4 is 5.91 Å². The first-order chi connectivity index (χ1) is 9.47. The number of methoxy groups -OCH3 is 1. The van der Waals surface area contributed by atoms with Crippen LogP contribution in [0.5, 0.6) is 5.75 Å². The van der Waals surface area contributed by atoms with Gasteiger partial charge < -0.3 is 10.1 Å². The molecule has 0 radical (unpaired) electrons. The predicted octanol–water partition coefficient (Wildman–Crippen LogP) is 2.51. The van der Waals surface area contributed by atoms with Crippen molar-refractivity contribution in [2.75, 3.05) is 14.2 Å². The molecule has 0 spiro atoms. The van der Waals surface area contributed by atoms with Gasteiger partial charge in [0.2, 0.25) is 5.91 Å². The van der Waals surface area contributed by atoms with Crippen LogP contribution in [0.4, 0.5) is 0 Å². The molecule has 1 aromatic rings. The number of hydrogen-bond acceptors (Lipinski definition) is 3. The van der Waals surface area contributed by atoms with Crippen LogP contribution in [0.1, 0.15) is 38.8 Å². The van der Waals surface area contributed by atoms with Gasteiger partial charge in [0.15, 0.2) is 0 Å². The minimum absolute atomic E-state index is 0.0356. The number of hydrogen-bond donors (Lipinski definition) is 2. The Bertz CT molecular complexity index is 432. The van der Waals surface area contributed by atoms with E-state index in [1.165, 1.54) is 0 Å². The maximum atomic E-state index is 11.9. The Hall–Kier alpha value is -1.55. The van der Waals surface area contributed by atoms with Gasteiger partial charge in [-0.25, -0.2) is 0 Å². The van der Waals surface area contributed by atoms with E-state index >= 15 is 0 Å². The van der Waals surface area contributed by atoms with Gasteiger partial charge in [-0.1, -0.05) is 26.0 Å². The fourth-order valence-corrected chi connectivity index (χ4v) is 2.21. The van der Waals surface area contributed by atoms with Crippen LogP contribution in [-0.4, -0.2) is 26.1 Å². The second kappa shape index (κ2) is 7.90. The number of rotatable bonds is 7. The molecule has 0 saturated carbocycles. The summed E-state index contributed by atoms with van der Waals surface area (Å²) in [5.41, 5.74) is 1.11. The maximum absolute atomic E-state index is 11.9. The van der Waals surface area contributed by atoms with Gasteiger partial charge in [-0.15, -0.1) is 0 Å². The van der Waals surface area contributed by atoms with Crippen LogP contribution in [0.3, 0.4) is 0 Å². The highest BCUT2D eigenvalue weighted by Crippen LogP contribution is 2.20. The third-order valence-electron chi connectivity index (χ3n) is 3.31. The first-order valence-corrected chi connectivity index (χ1v) is 7.09. The van der Waals surface area contributed by atoms with Crippen LogP contribution in [0.2, 0.25) is 0 Å². The van der Waals surface area contributed by atoms with Gasteiger partial charge in [-0.3, -0.25) is 10.1 Å². The van der Waals surface area contributed by atoms with Gasteiger partial charge in [0.1, 0.15) is 5.75 Å². The molecule has 0 aliphatic heterocycles. The molecule has 2 atom stereocenters. The van der Waals surface area contributed by atoms with E-state index in [2.05, 4.69) is 31.4 Å². The minimum Gasteiger partial charge on any atom is -0.497 e. The van der Waals surface area contributed by atoms with Gasteiger partial charge in [-0.2, -0.15) is 0 Å². The van der Waals surface area contributed by atoms with E-state index in [0.29, 0.717) is 5.92 Å². The average molecular weight is 278 g/mol. The number of likely N-dealkylation sites (N-methyl/N-ethyl adjacent to an activating group) is 1. The van der Waals surface area contributed by atoms with E-state index in [-0.39, 0.29) is 18.0 Å². The van der Waals surface area contributed by atoms with Crippen molar-refractivity contribution in [3.05, 3.63) is 29.8 Å². The van der Waals surface area contributed by atoms with E-state index in [0.717, 1.165) is 17.7 Å². The number of nitrogens with one attached hydrogen (secondary N) is 2. The van der Waals surface area contributed by atoms with E-state index in [1.807, 2.05) is 24.3 Å². The highest BCUT2D eigenvalue weighted by molar-refractivity contribution is 5.81. The molecule has 2 unspecified atom stereocenters. The largest absolute Gasteiger partial charge is 0.497 e. The lowest BCUT2D eigenvalue weighted by molar-refractivity contribution is -0.123. The Labute approximate surface area is 121 Å². The first-order valence-electron chi connectivity index (χ1n) is 7.09. The number of amides is 1. The average Bonchev–Trinajstić information content (AvgIpc) is 2.45. The van der Waals surface area contributed by atoms with Gasteiger partial charge in [-0.05, 0) is 37.0 Å². The molecule has 2 N–H and O–H groups in total. The topological polar surface area (TPSA) is 50.4 Å². The fraction of sp³-hybridized carbons (Fsp3) is 0.562. The van der Waals surface area contributed by atoms with Crippen molar-refractivity contribution in [1.82, 2.24) is 10.6 Å². The molecule has 1 amide bonds. The monoisotopic (exact) mass is 278 g/mol. The summed E-state index contributed by atoms with van der Waals surface area (Å²) in [6.07, 6.45) is 0.813. The molecule has 4 nitrogen and oxygen atoms in total. The Morgan fingerprint density at radius 3 is 2.55 bits per heavy atom. The standard InChI is InChI=1S/C16H26N2O2/c1-11(2)9-15(16(19)17-4)18-12(3)13-7-6-8-14(10-13)20-5/h6-8,10-12,15,18H,9H2,1-5H3,(H,17,19). The van der Waals surface area contributed by atoms with Crippen LogP contribution in [0.25, 0.3) is 0 Å². The van der Waals surface area contributed by atoms with Crippen molar-refractivity contribution in [3.8, 4) is 5.75 Å². The quantitative estimate of drug-likeness (QED) is 0.805. The van der Waals surface area contributed by atoms with Gasteiger partial charge >= 0.3 is 0 Å². The van der Waals surface area contributed by atoms with Crippen LogP contribution < -0.4 is 15.4 Å². The summed E-state index contributed by atoms with van der Waals surface area (Å²) in [7, 11) is 3.33. The normalized spacial score (nSPS) is 13.9. The zero-order valence-electron chi connectivity index (χ0n) is 13.1.